The second-order valence-corrected chi connectivity index (χ2v) is 6.10. The van der Waals surface area contributed by atoms with Crippen LogP contribution in [0.25, 0.3) is 5.82 Å². The number of hydrogen-bond donors (Lipinski definition) is 1. The summed E-state index contributed by atoms with van der Waals surface area (Å²) in [6.45, 7) is 1.66. The molecule has 0 atom stereocenters. The summed E-state index contributed by atoms with van der Waals surface area (Å²) in [4.78, 5) is 30.8. The molecule has 0 radical (unpaired) electrons. The number of carbonyl (C=O) groups is 1. The van der Waals surface area contributed by atoms with Gasteiger partial charge in [-0.05, 0) is 5.56 Å². The summed E-state index contributed by atoms with van der Waals surface area (Å²) in [5.74, 6) is 1.90. The second-order valence-electron chi connectivity index (χ2n) is 6.10. The van der Waals surface area contributed by atoms with Gasteiger partial charge in [0.2, 0.25) is 11.8 Å². The fraction of sp³-hybridized carbons (Fsp3) is 0.294. The van der Waals surface area contributed by atoms with Gasteiger partial charge in [0, 0.05) is 38.0 Å². The third kappa shape index (κ3) is 3.68. The zero-order chi connectivity index (χ0) is 18.6. The van der Waals surface area contributed by atoms with Crippen LogP contribution in [0.15, 0.2) is 43.4 Å². The zero-order valence-corrected chi connectivity index (χ0v) is 14.7. The Balaban J connectivity index is 1.30. The largest absolute Gasteiger partial charge is 0.481 e. The first kappa shape index (κ1) is 16.9. The minimum absolute atomic E-state index is 0.0209. The van der Waals surface area contributed by atoms with Gasteiger partial charge >= 0.3 is 0 Å². The maximum atomic E-state index is 12.3. The number of nitrogens with zero attached hydrogens (tertiary/aromatic N) is 7. The van der Waals surface area contributed by atoms with Crippen molar-refractivity contribution in [2.24, 2.45) is 5.92 Å². The standard InChI is InChI=1S/C17H18N8O2/c1-27-16-3-2-12(5-19-16)6-20-17(26)13-7-24(8-13)14-4-15(22-10-21-14)25-11-18-9-23-25/h2-5,9-11,13H,6-8H2,1H3,(H,20,26). The number of nitrogens with one attached hydrogen (secondary N) is 1. The molecule has 1 N–H and O–H groups in total. The quantitative estimate of drug-likeness (QED) is 0.659. The van der Waals surface area contributed by atoms with Crippen LogP contribution in [0.4, 0.5) is 5.82 Å². The van der Waals surface area contributed by atoms with Crippen LogP contribution in [0.5, 0.6) is 5.88 Å². The lowest BCUT2D eigenvalue weighted by atomic mass is 9.99. The first-order valence-corrected chi connectivity index (χ1v) is 8.41. The molecule has 0 unspecified atom stereocenters. The van der Waals surface area contributed by atoms with Gasteiger partial charge in [-0.15, -0.1) is 0 Å². The third-order valence-electron chi connectivity index (χ3n) is 4.34. The average molecular weight is 366 g/mol. The van der Waals surface area contributed by atoms with Gasteiger partial charge in [0.05, 0.1) is 13.0 Å². The predicted octanol–water partition coefficient (Wildman–Crippen LogP) is 0.213. The third-order valence-corrected chi connectivity index (χ3v) is 4.34. The number of ether oxygens (including phenoxy) is 1. The van der Waals surface area contributed by atoms with Crippen molar-refractivity contribution < 1.29 is 9.53 Å². The number of methoxy groups -OCH3 is 1. The molecule has 0 saturated carbocycles. The molecule has 4 heterocycles. The number of aromatic nitrogens is 6. The van der Waals surface area contributed by atoms with Crippen molar-refractivity contribution in [2.45, 2.75) is 6.54 Å². The molecule has 1 amide bonds. The van der Waals surface area contributed by atoms with E-state index in [4.69, 9.17) is 4.74 Å². The van der Waals surface area contributed by atoms with Crippen LogP contribution in [0.3, 0.4) is 0 Å². The van der Waals surface area contributed by atoms with Crippen molar-refractivity contribution in [3.8, 4) is 11.7 Å². The molecular formula is C17H18N8O2. The van der Waals surface area contributed by atoms with Gasteiger partial charge in [-0.3, -0.25) is 4.79 Å². The topological polar surface area (TPSA) is 111 Å². The molecule has 0 aromatic carbocycles. The smallest absolute Gasteiger partial charge is 0.226 e. The highest BCUT2D eigenvalue weighted by atomic mass is 16.5. The lowest BCUT2D eigenvalue weighted by Crippen LogP contribution is -2.54. The Morgan fingerprint density at radius 3 is 2.78 bits per heavy atom. The number of rotatable bonds is 6. The van der Waals surface area contributed by atoms with Crippen molar-refractivity contribution in [1.82, 2.24) is 35.0 Å². The van der Waals surface area contributed by atoms with E-state index < -0.39 is 0 Å². The average Bonchev–Trinajstić information content (AvgIpc) is 3.21. The summed E-state index contributed by atoms with van der Waals surface area (Å²) in [5.41, 5.74) is 0.925. The summed E-state index contributed by atoms with van der Waals surface area (Å²) in [6.07, 6.45) is 6.20. The maximum Gasteiger partial charge on any atom is 0.226 e. The molecule has 27 heavy (non-hydrogen) atoms. The van der Waals surface area contributed by atoms with Gasteiger partial charge in [-0.2, -0.15) is 5.10 Å². The van der Waals surface area contributed by atoms with E-state index in [0.29, 0.717) is 31.3 Å². The van der Waals surface area contributed by atoms with E-state index in [1.54, 1.807) is 30.4 Å². The molecule has 0 spiro atoms. The summed E-state index contributed by atoms with van der Waals surface area (Å²) in [7, 11) is 1.57. The Morgan fingerprint density at radius 2 is 2.07 bits per heavy atom. The summed E-state index contributed by atoms with van der Waals surface area (Å²) >= 11 is 0. The Kier molecular flexibility index (Phi) is 4.60. The minimum atomic E-state index is -0.0685. The van der Waals surface area contributed by atoms with Crippen molar-refractivity contribution in [2.75, 3.05) is 25.1 Å². The van der Waals surface area contributed by atoms with E-state index in [1.807, 2.05) is 17.0 Å². The summed E-state index contributed by atoms with van der Waals surface area (Å²) < 4.78 is 6.59. The zero-order valence-electron chi connectivity index (χ0n) is 14.7. The van der Waals surface area contributed by atoms with Crippen LogP contribution in [0, 0.1) is 5.92 Å². The van der Waals surface area contributed by atoms with E-state index >= 15 is 0 Å². The maximum absolute atomic E-state index is 12.3. The normalized spacial score (nSPS) is 13.9. The molecule has 1 fully saturated rings. The van der Waals surface area contributed by atoms with Gasteiger partial charge in [-0.1, -0.05) is 6.07 Å². The van der Waals surface area contributed by atoms with Crippen molar-refractivity contribution in [3.63, 3.8) is 0 Å². The van der Waals surface area contributed by atoms with E-state index in [1.165, 1.54) is 12.7 Å². The van der Waals surface area contributed by atoms with E-state index in [0.717, 1.165) is 11.4 Å². The fourth-order valence-corrected chi connectivity index (χ4v) is 2.76. The molecule has 1 aliphatic rings. The Labute approximate surface area is 155 Å². The molecule has 4 rings (SSSR count). The van der Waals surface area contributed by atoms with Gasteiger partial charge in [0.25, 0.3) is 0 Å². The van der Waals surface area contributed by atoms with Crippen molar-refractivity contribution in [1.29, 1.82) is 0 Å². The van der Waals surface area contributed by atoms with Crippen molar-refractivity contribution in [3.05, 3.63) is 48.9 Å². The second kappa shape index (κ2) is 7.36. The van der Waals surface area contributed by atoms with E-state index in [9.17, 15) is 4.79 Å². The van der Waals surface area contributed by atoms with E-state index in [-0.39, 0.29) is 11.8 Å². The summed E-state index contributed by atoms with van der Waals surface area (Å²) in [5, 5.41) is 7.00. The molecule has 1 aliphatic heterocycles. The van der Waals surface area contributed by atoms with Crippen LogP contribution >= 0.6 is 0 Å². The number of pyridine rings is 1. The minimum Gasteiger partial charge on any atom is -0.481 e. The highest BCUT2D eigenvalue weighted by Crippen LogP contribution is 2.23. The van der Waals surface area contributed by atoms with Gasteiger partial charge < -0.3 is 15.0 Å². The van der Waals surface area contributed by atoms with Crippen LogP contribution in [0.2, 0.25) is 0 Å². The highest BCUT2D eigenvalue weighted by molar-refractivity contribution is 5.81. The molecule has 10 nitrogen and oxygen atoms in total. The number of anilines is 1. The molecule has 0 bridgehead atoms. The van der Waals surface area contributed by atoms with Gasteiger partial charge in [0.1, 0.15) is 24.8 Å². The Bertz CT molecular complexity index is 907. The summed E-state index contributed by atoms with van der Waals surface area (Å²) in [6, 6.07) is 5.48. The first-order valence-electron chi connectivity index (χ1n) is 8.41. The van der Waals surface area contributed by atoms with Crippen LogP contribution in [-0.2, 0) is 11.3 Å². The van der Waals surface area contributed by atoms with Crippen LogP contribution < -0.4 is 15.0 Å². The SMILES string of the molecule is COc1ccc(CNC(=O)C2CN(c3cc(-n4cncn4)ncn3)C2)cn1. The molecule has 138 valence electrons. The fourth-order valence-electron chi connectivity index (χ4n) is 2.76. The number of hydrogen-bond acceptors (Lipinski definition) is 8. The molecular weight excluding hydrogens is 348 g/mol. The molecule has 3 aromatic rings. The van der Waals surface area contributed by atoms with Crippen LogP contribution in [-0.4, -0.2) is 55.8 Å². The molecule has 1 saturated heterocycles. The lowest BCUT2D eigenvalue weighted by Gasteiger charge is -2.39. The molecule has 10 heteroatoms. The molecule has 0 aliphatic carbocycles. The highest BCUT2D eigenvalue weighted by Gasteiger charge is 2.33. The van der Waals surface area contributed by atoms with E-state index in [2.05, 4.69) is 30.4 Å². The first-order chi connectivity index (χ1) is 13.2. The monoisotopic (exact) mass is 366 g/mol. The Morgan fingerprint density at radius 1 is 1.22 bits per heavy atom. The van der Waals surface area contributed by atoms with Gasteiger partial charge in [-0.25, -0.2) is 24.6 Å². The van der Waals surface area contributed by atoms with Crippen LogP contribution in [0.1, 0.15) is 5.56 Å². The Hall–Kier alpha value is -3.56. The predicted molar refractivity (Wildman–Crippen MR) is 95.3 cm³/mol. The van der Waals surface area contributed by atoms with Gasteiger partial charge in [0.15, 0.2) is 5.82 Å². The molecule has 3 aromatic heterocycles. The van der Waals surface area contributed by atoms with Crippen molar-refractivity contribution >= 4 is 11.7 Å². The lowest BCUT2D eigenvalue weighted by molar-refractivity contribution is -0.125. The number of amides is 1. The number of carbonyl (C=O) groups excluding carboxylic acids is 1.